The van der Waals surface area contributed by atoms with Gasteiger partial charge in [0.25, 0.3) is 0 Å². The number of piperidine rings is 1. The summed E-state index contributed by atoms with van der Waals surface area (Å²) in [7, 11) is 0. The Balaban J connectivity index is 1.62. The molecule has 132 valence electrons. The third kappa shape index (κ3) is 5.11. The molecular formula is C19H19Cl3N2O. The van der Waals surface area contributed by atoms with E-state index in [0.717, 1.165) is 36.5 Å². The molecule has 0 radical (unpaired) electrons. The molecule has 1 atom stereocenters. The van der Waals surface area contributed by atoms with Crippen LogP contribution < -0.4 is 5.32 Å². The molecule has 1 heterocycles. The van der Waals surface area contributed by atoms with Crippen molar-refractivity contribution in [3.8, 4) is 0 Å². The molecule has 1 saturated heterocycles. The monoisotopic (exact) mass is 396 g/mol. The van der Waals surface area contributed by atoms with Crippen LogP contribution in [0, 0.1) is 5.92 Å². The standard InChI is InChI=1S/C19H19Cl3N2O/c20-15-8-16(21)10-17(9-15)23-19(25)14-5-3-7-24(12-14)11-13-4-1-2-6-18(13)22/h1-2,4,6,8-10,14H,3,5,7,11-12H2,(H,23,25)/t14-/m1/s1. The van der Waals surface area contributed by atoms with Crippen molar-refractivity contribution in [2.45, 2.75) is 19.4 Å². The van der Waals surface area contributed by atoms with E-state index in [1.165, 1.54) is 0 Å². The number of hydrogen-bond donors (Lipinski definition) is 1. The van der Waals surface area contributed by atoms with Crippen LogP contribution in [0.5, 0.6) is 0 Å². The molecule has 0 saturated carbocycles. The summed E-state index contributed by atoms with van der Waals surface area (Å²) in [5.41, 5.74) is 1.72. The zero-order valence-corrected chi connectivity index (χ0v) is 15.9. The maximum Gasteiger partial charge on any atom is 0.228 e. The number of amides is 1. The highest BCUT2D eigenvalue weighted by atomic mass is 35.5. The van der Waals surface area contributed by atoms with E-state index in [4.69, 9.17) is 34.8 Å². The minimum atomic E-state index is -0.0611. The van der Waals surface area contributed by atoms with Crippen LogP contribution in [0.15, 0.2) is 42.5 Å². The Kier molecular flexibility index (Phi) is 6.24. The summed E-state index contributed by atoms with van der Waals surface area (Å²) in [6.45, 7) is 2.44. The molecule has 0 aromatic heterocycles. The van der Waals surface area contributed by atoms with Gasteiger partial charge in [-0.1, -0.05) is 53.0 Å². The lowest BCUT2D eigenvalue weighted by atomic mass is 9.96. The van der Waals surface area contributed by atoms with Gasteiger partial charge in [0, 0.05) is 33.8 Å². The number of halogens is 3. The van der Waals surface area contributed by atoms with E-state index < -0.39 is 0 Å². The van der Waals surface area contributed by atoms with E-state index in [9.17, 15) is 4.79 Å². The zero-order chi connectivity index (χ0) is 17.8. The summed E-state index contributed by atoms with van der Waals surface area (Å²) >= 11 is 18.2. The summed E-state index contributed by atoms with van der Waals surface area (Å²) in [6, 6.07) is 12.9. The lowest BCUT2D eigenvalue weighted by Gasteiger charge is -2.32. The van der Waals surface area contributed by atoms with Crippen molar-refractivity contribution in [2.75, 3.05) is 18.4 Å². The topological polar surface area (TPSA) is 32.3 Å². The predicted molar refractivity (Wildman–Crippen MR) is 105 cm³/mol. The maximum atomic E-state index is 12.6. The highest BCUT2D eigenvalue weighted by molar-refractivity contribution is 6.35. The second-order valence-electron chi connectivity index (χ2n) is 6.31. The molecule has 0 unspecified atom stereocenters. The van der Waals surface area contributed by atoms with E-state index in [2.05, 4.69) is 10.2 Å². The van der Waals surface area contributed by atoms with Gasteiger partial charge in [-0.15, -0.1) is 0 Å². The lowest BCUT2D eigenvalue weighted by Crippen LogP contribution is -2.40. The minimum Gasteiger partial charge on any atom is -0.326 e. The van der Waals surface area contributed by atoms with E-state index in [-0.39, 0.29) is 11.8 Å². The molecular weight excluding hydrogens is 379 g/mol. The van der Waals surface area contributed by atoms with E-state index in [1.807, 2.05) is 24.3 Å². The van der Waals surface area contributed by atoms with E-state index in [0.29, 0.717) is 22.3 Å². The Hall–Kier alpha value is -1.26. The Labute approximate surface area is 162 Å². The van der Waals surface area contributed by atoms with Crippen LogP contribution in [0.25, 0.3) is 0 Å². The highest BCUT2D eigenvalue weighted by Crippen LogP contribution is 2.25. The molecule has 6 heteroatoms. The number of nitrogens with one attached hydrogen (secondary N) is 1. The largest absolute Gasteiger partial charge is 0.326 e. The van der Waals surface area contributed by atoms with Crippen LogP contribution in [0.2, 0.25) is 15.1 Å². The van der Waals surface area contributed by atoms with Crippen LogP contribution in [-0.2, 0) is 11.3 Å². The molecule has 0 aliphatic carbocycles. The number of rotatable bonds is 4. The first-order chi connectivity index (χ1) is 12.0. The second-order valence-corrected chi connectivity index (χ2v) is 7.59. The molecule has 1 fully saturated rings. The quantitative estimate of drug-likeness (QED) is 0.739. The third-order valence-corrected chi connectivity index (χ3v) is 5.16. The molecule has 2 aromatic rings. The molecule has 1 N–H and O–H groups in total. The van der Waals surface area contributed by atoms with Gasteiger partial charge in [0.1, 0.15) is 0 Å². The van der Waals surface area contributed by atoms with Crippen molar-refractivity contribution in [3.05, 3.63) is 63.1 Å². The van der Waals surface area contributed by atoms with Gasteiger partial charge in [-0.25, -0.2) is 0 Å². The third-order valence-electron chi connectivity index (χ3n) is 4.36. The first-order valence-electron chi connectivity index (χ1n) is 8.24. The maximum absolute atomic E-state index is 12.6. The number of hydrogen-bond acceptors (Lipinski definition) is 2. The van der Waals surface area contributed by atoms with Crippen LogP contribution >= 0.6 is 34.8 Å². The van der Waals surface area contributed by atoms with Crippen molar-refractivity contribution in [3.63, 3.8) is 0 Å². The molecule has 3 nitrogen and oxygen atoms in total. The number of likely N-dealkylation sites (tertiary alicyclic amines) is 1. The molecule has 1 aliphatic rings. The van der Waals surface area contributed by atoms with Gasteiger partial charge in [-0.3, -0.25) is 9.69 Å². The summed E-state index contributed by atoms with van der Waals surface area (Å²) in [5.74, 6) is -0.0591. The van der Waals surface area contributed by atoms with E-state index in [1.54, 1.807) is 18.2 Å². The van der Waals surface area contributed by atoms with Gasteiger partial charge in [0.15, 0.2) is 0 Å². The summed E-state index contributed by atoms with van der Waals surface area (Å²) in [5, 5.41) is 4.71. The van der Waals surface area contributed by atoms with Gasteiger partial charge in [-0.05, 0) is 49.2 Å². The number of anilines is 1. The Morgan fingerprint density at radius 2 is 1.84 bits per heavy atom. The van der Waals surface area contributed by atoms with E-state index >= 15 is 0 Å². The average molecular weight is 398 g/mol. The number of carbonyl (C=O) groups is 1. The fraction of sp³-hybridized carbons (Fsp3) is 0.316. The predicted octanol–water partition coefficient (Wildman–Crippen LogP) is 5.50. The van der Waals surface area contributed by atoms with Gasteiger partial charge >= 0.3 is 0 Å². The molecule has 1 aliphatic heterocycles. The Morgan fingerprint density at radius 1 is 1.12 bits per heavy atom. The summed E-state index contributed by atoms with van der Waals surface area (Å²) < 4.78 is 0. The zero-order valence-electron chi connectivity index (χ0n) is 13.6. The van der Waals surface area contributed by atoms with Crippen molar-refractivity contribution < 1.29 is 4.79 Å². The lowest BCUT2D eigenvalue weighted by molar-refractivity contribution is -0.121. The van der Waals surface area contributed by atoms with Crippen molar-refractivity contribution >= 4 is 46.4 Å². The van der Waals surface area contributed by atoms with Crippen LogP contribution in [0.1, 0.15) is 18.4 Å². The van der Waals surface area contributed by atoms with Gasteiger partial charge in [0.2, 0.25) is 5.91 Å². The van der Waals surface area contributed by atoms with Crippen LogP contribution in [0.3, 0.4) is 0 Å². The first kappa shape index (κ1) is 18.5. The fourth-order valence-corrected chi connectivity index (χ4v) is 3.87. The number of benzene rings is 2. The fourth-order valence-electron chi connectivity index (χ4n) is 3.15. The van der Waals surface area contributed by atoms with Crippen molar-refractivity contribution in [1.29, 1.82) is 0 Å². The first-order valence-corrected chi connectivity index (χ1v) is 9.37. The molecule has 0 bridgehead atoms. The average Bonchev–Trinajstić information content (AvgIpc) is 2.56. The normalized spacial score (nSPS) is 18.1. The smallest absolute Gasteiger partial charge is 0.228 e. The number of nitrogens with zero attached hydrogens (tertiary/aromatic N) is 1. The van der Waals surface area contributed by atoms with Crippen LogP contribution in [0.4, 0.5) is 5.69 Å². The molecule has 2 aromatic carbocycles. The van der Waals surface area contributed by atoms with Crippen LogP contribution in [-0.4, -0.2) is 23.9 Å². The molecule has 1 amide bonds. The summed E-state index contributed by atoms with van der Waals surface area (Å²) in [6.07, 6.45) is 1.86. The molecule has 0 spiro atoms. The van der Waals surface area contributed by atoms with Crippen molar-refractivity contribution in [1.82, 2.24) is 4.90 Å². The number of carbonyl (C=O) groups excluding carboxylic acids is 1. The molecule has 25 heavy (non-hydrogen) atoms. The Morgan fingerprint density at radius 3 is 2.56 bits per heavy atom. The minimum absolute atomic E-state index is 0.00203. The SMILES string of the molecule is O=C(Nc1cc(Cl)cc(Cl)c1)[C@@H]1CCCN(Cc2ccccc2Cl)C1. The molecule has 3 rings (SSSR count). The summed E-state index contributed by atoms with van der Waals surface area (Å²) in [4.78, 5) is 14.9. The highest BCUT2D eigenvalue weighted by Gasteiger charge is 2.26. The van der Waals surface area contributed by atoms with Gasteiger partial charge in [-0.2, -0.15) is 0 Å². The Bertz CT molecular complexity index is 746. The second kappa shape index (κ2) is 8.41. The van der Waals surface area contributed by atoms with Crippen molar-refractivity contribution in [2.24, 2.45) is 5.92 Å². The van der Waals surface area contributed by atoms with Gasteiger partial charge in [0.05, 0.1) is 5.92 Å². The van der Waals surface area contributed by atoms with Gasteiger partial charge < -0.3 is 5.32 Å².